The first-order valence-corrected chi connectivity index (χ1v) is 5.41. The fourth-order valence-corrected chi connectivity index (χ4v) is 1.17. The number of ether oxygens (including phenoxy) is 2. The molecule has 0 heterocycles. The van der Waals surface area contributed by atoms with Gasteiger partial charge in [-0.25, -0.2) is 0 Å². The molecule has 0 aromatic carbocycles. The zero-order chi connectivity index (χ0) is 12.2. The molecule has 0 radical (unpaired) electrons. The molecule has 0 aliphatic carbocycles. The molecule has 0 bridgehead atoms. The van der Waals surface area contributed by atoms with Crippen LogP contribution in [0.5, 0.6) is 0 Å². The zero-order valence-corrected chi connectivity index (χ0v) is 9.74. The summed E-state index contributed by atoms with van der Waals surface area (Å²) in [5, 5.41) is 8.46. The van der Waals surface area contributed by atoms with Crippen molar-refractivity contribution in [2.45, 2.75) is 25.7 Å². The lowest BCUT2D eigenvalue weighted by Gasteiger charge is -2.03. The van der Waals surface area contributed by atoms with Crippen LogP contribution in [0.4, 0.5) is 0 Å². The molecule has 0 aromatic rings. The van der Waals surface area contributed by atoms with Gasteiger partial charge in [-0.3, -0.25) is 9.59 Å². The summed E-state index contributed by atoms with van der Waals surface area (Å²) in [6, 6.07) is 0. The van der Waals surface area contributed by atoms with Crippen LogP contribution < -0.4 is 0 Å². The van der Waals surface area contributed by atoms with Crippen LogP contribution in [0.3, 0.4) is 0 Å². The van der Waals surface area contributed by atoms with Gasteiger partial charge in [-0.05, 0) is 12.8 Å². The van der Waals surface area contributed by atoms with Crippen molar-refractivity contribution in [3.05, 3.63) is 0 Å². The van der Waals surface area contributed by atoms with Gasteiger partial charge in [0.15, 0.2) is 11.6 Å². The maximum atomic E-state index is 10.9. The van der Waals surface area contributed by atoms with Gasteiger partial charge in [0, 0.05) is 20.1 Å². The van der Waals surface area contributed by atoms with E-state index in [1.165, 1.54) is 7.11 Å². The second-order valence-electron chi connectivity index (χ2n) is 3.53. The molecule has 0 spiro atoms. The summed E-state index contributed by atoms with van der Waals surface area (Å²) in [6.07, 6.45) is 2.86. The number of hydrogen-bond donors (Lipinski definition) is 1. The smallest absolute Gasteiger partial charge is 0.183 e. The molecular weight excluding hydrogens is 212 g/mol. The molecule has 0 amide bonds. The zero-order valence-electron chi connectivity index (χ0n) is 9.74. The molecule has 0 aliphatic heterocycles. The normalized spacial score (nSPS) is 10.4. The lowest BCUT2D eigenvalue weighted by atomic mass is 10.1. The number of methoxy groups -OCH3 is 1. The number of hydrogen-bond acceptors (Lipinski definition) is 5. The Hall–Kier alpha value is -0.780. The van der Waals surface area contributed by atoms with E-state index >= 15 is 0 Å². The molecule has 5 nitrogen and oxygen atoms in total. The van der Waals surface area contributed by atoms with Crippen molar-refractivity contribution in [2.75, 3.05) is 33.5 Å². The first-order valence-electron chi connectivity index (χ1n) is 5.41. The molecule has 5 heteroatoms. The van der Waals surface area contributed by atoms with Crippen LogP contribution in [0.1, 0.15) is 25.7 Å². The van der Waals surface area contributed by atoms with Crippen LogP contribution >= 0.6 is 0 Å². The van der Waals surface area contributed by atoms with E-state index in [0.717, 1.165) is 19.3 Å². The van der Waals surface area contributed by atoms with Crippen molar-refractivity contribution < 1.29 is 24.2 Å². The lowest BCUT2D eigenvalue weighted by Crippen LogP contribution is -2.14. The number of aliphatic hydroxyl groups is 1. The van der Waals surface area contributed by atoms with E-state index in [9.17, 15) is 9.59 Å². The summed E-state index contributed by atoms with van der Waals surface area (Å²) in [5.74, 6) is -0.200. The van der Waals surface area contributed by atoms with E-state index in [2.05, 4.69) is 4.74 Å². The topological polar surface area (TPSA) is 72.8 Å². The third kappa shape index (κ3) is 9.76. The Bertz CT molecular complexity index is 203. The van der Waals surface area contributed by atoms with Crippen LogP contribution in [0.15, 0.2) is 0 Å². The number of carbonyl (C=O) groups excluding carboxylic acids is 2. The number of Topliss-reactive ketones (excluding diaryl/α,β-unsaturated/α-hetero) is 2. The third-order valence-corrected chi connectivity index (χ3v) is 1.99. The molecule has 0 saturated carbocycles. The van der Waals surface area contributed by atoms with Crippen molar-refractivity contribution in [1.29, 1.82) is 0 Å². The number of rotatable bonds is 11. The molecule has 0 atom stereocenters. The summed E-state index contributed by atoms with van der Waals surface area (Å²) < 4.78 is 9.76. The Morgan fingerprint density at radius 3 is 2.44 bits per heavy atom. The fraction of sp³-hybridized carbons (Fsp3) is 0.818. The quantitative estimate of drug-likeness (QED) is 0.520. The Labute approximate surface area is 95.7 Å². The summed E-state index contributed by atoms with van der Waals surface area (Å²) >= 11 is 0. The van der Waals surface area contributed by atoms with Crippen LogP contribution in [0.2, 0.25) is 0 Å². The second kappa shape index (κ2) is 10.7. The minimum atomic E-state index is -0.373. The van der Waals surface area contributed by atoms with Gasteiger partial charge < -0.3 is 14.6 Å². The molecule has 0 unspecified atom stereocenters. The fourth-order valence-electron chi connectivity index (χ4n) is 1.17. The molecule has 0 aliphatic rings. The number of aliphatic hydroxyl groups excluding tert-OH is 1. The predicted molar refractivity (Wildman–Crippen MR) is 58.3 cm³/mol. The van der Waals surface area contributed by atoms with Crippen LogP contribution in [-0.4, -0.2) is 50.2 Å². The van der Waals surface area contributed by atoms with E-state index in [4.69, 9.17) is 9.84 Å². The van der Waals surface area contributed by atoms with Gasteiger partial charge in [-0.2, -0.15) is 0 Å². The van der Waals surface area contributed by atoms with Gasteiger partial charge in [-0.1, -0.05) is 6.42 Å². The van der Waals surface area contributed by atoms with Crippen molar-refractivity contribution in [1.82, 2.24) is 0 Å². The van der Waals surface area contributed by atoms with Crippen LogP contribution in [-0.2, 0) is 19.1 Å². The maximum Gasteiger partial charge on any atom is 0.183 e. The summed E-state index contributed by atoms with van der Waals surface area (Å²) in [6.45, 7) is 0.319. The maximum absolute atomic E-state index is 10.9. The highest BCUT2D eigenvalue weighted by Gasteiger charge is 2.01. The standard InChI is InChI=1S/C11H20O5/c1-15-8-11(14)9-16-6-4-2-3-5-10(13)7-12/h12H,2-9H2,1H3. The SMILES string of the molecule is COCC(=O)COCCCCCC(=O)CO. The van der Waals surface area contributed by atoms with Gasteiger partial charge in [-0.15, -0.1) is 0 Å². The van der Waals surface area contributed by atoms with Gasteiger partial charge in [0.05, 0.1) is 0 Å². The Morgan fingerprint density at radius 2 is 1.81 bits per heavy atom. The Balaban J connectivity index is 3.15. The first kappa shape index (κ1) is 15.2. The Kier molecular flexibility index (Phi) is 10.2. The molecular formula is C11H20O5. The molecule has 0 aromatic heterocycles. The number of unbranched alkanes of at least 4 members (excludes halogenated alkanes) is 2. The van der Waals surface area contributed by atoms with Gasteiger partial charge in [0.2, 0.25) is 0 Å². The highest BCUT2D eigenvalue weighted by Crippen LogP contribution is 2.00. The van der Waals surface area contributed by atoms with Crippen LogP contribution in [0.25, 0.3) is 0 Å². The average molecular weight is 232 g/mol. The Morgan fingerprint density at radius 1 is 1.06 bits per heavy atom. The second-order valence-corrected chi connectivity index (χ2v) is 3.53. The molecule has 0 fully saturated rings. The molecule has 0 rings (SSSR count). The molecule has 16 heavy (non-hydrogen) atoms. The first-order chi connectivity index (χ1) is 7.70. The van der Waals surface area contributed by atoms with Crippen molar-refractivity contribution in [3.8, 4) is 0 Å². The highest BCUT2D eigenvalue weighted by atomic mass is 16.5. The molecule has 1 N–H and O–H groups in total. The molecule has 94 valence electrons. The number of ketones is 2. The van der Waals surface area contributed by atoms with Crippen molar-refractivity contribution in [3.63, 3.8) is 0 Å². The minimum Gasteiger partial charge on any atom is -0.389 e. The summed E-state index contributed by atoms with van der Waals surface area (Å²) in [4.78, 5) is 21.7. The van der Waals surface area contributed by atoms with E-state index < -0.39 is 0 Å². The monoisotopic (exact) mass is 232 g/mol. The van der Waals surface area contributed by atoms with E-state index in [-0.39, 0.29) is 31.4 Å². The van der Waals surface area contributed by atoms with Crippen molar-refractivity contribution in [2.24, 2.45) is 0 Å². The third-order valence-electron chi connectivity index (χ3n) is 1.99. The predicted octanol–water partition coefficient (Wildman–Crippen LogP) is 0.340. The van der Waals surface area contributed by atoms with Crippen molar-refractivity contribution >= 4 is 11.6 Å². The van der Waals surface area contributed by atoms with Gasteiger partial charge >= 0.3 is 0 Å². The van der Waals surface area contributed by atoms with Crippen LogP contribution in [0, 0.1) is 0 Å². The van der Waals surface area contributed by atoms with E-state index in [1.54, 1.807) is 0 Å². The van der Waals surface area contributed by atoms with E-state index in [1.807, 2.05) is 0 Å². The summed E-state index contributed by atoms with van der Waals surface area (Å²) in [7, 11) is 1.47. The largest absolute Gasteiger partial charge is 0.389 e. The minimum absolute atomic E-state index is 0.0713. The highest BCUT2D eigenvalue weighted by molar-refractivity contribution is 5.80. The van der Waals surface area contributed by atoms with Gasteiger partial charge in [0.25, 0.3) is 0 Å². The van der Waals surface area contributed by atoms with E-state index in [0.29, 0.717) is 13.0 Å². The average Bonchev–Trinajstić information content (AvgIpc) is 2.27. The van der Waals surface area contributed by atoms with Gasteiger partial charge in [0.1, 0.15) is 19.8 Å². The lowest BCUT2D eigenvalue weighted by molar-refractivity contribution is -0.127. The number of carbonyl (C=O) groups is 2. The molecule has 0 saturated heterocycles. The summed E-state index contributed by atoms with van der Waals surface area (Å²) in [5.41, 5.74) is 0.